The molecule has 0 spiro atoms. The van der Waals surface area contributed by atoms with Crippen molar-refractivity contribution in [2.45, 2.75) is 17.9 Å². The van der Waals surface area contributed by atoms with Gasteiger partial charge in [0.05, 0.1) is 10.6 Å². The van der Waals surface area contributed by atoms with Crippen LogP contribution in [0.2, 0.25) is 5.02 Å². The number of likely N-dealkylation sites (N-methyl/N-ethyl adjacent to an activating group) is 1. The van der Waals surface area contributed by atoms with Gasteiger partial charge in [0.2, 0.25) is 0 Å². The molecule has 0 N–H and O–H groups in total. The third-order valence-electron chi connectivity index (χ3n) is 5.86. The molecule has 0 fully saturated rings. The van der Waals surface area contributed by atoms with Crippen molar-refractivity contribution in [3.8, 4) is 17.1 Å². The molecule has 7 nitrogen and oxygen atoms in total. The van der Waals surface area contributed by atoms with E-state index in [1.807, 2.05) is 42.5 Å². The number of halogens is 1. The molecule has 1 atom stereocenters. The van der Waals surface area contributed by atoms with Gasteiger partial charge in [-0.1, -0.05) is 29.8 Å². The van der Waals surface area contributed by atoms with Crippen molar-refractivity contribution >= 4 is 40.2 Å². The van der Waals surface area contributed by atoms with Crippen molar-refractivity contribution in [1.82, 2.24) is 14.9 Å². The van der Waals surface area contributed by atoms with Crippen LogP contribution in [0.3, 0.4) is 0 Å². The first-order valence-electron chi connectivity index (χ1n) is 10.6. The minimum absolute atomic E-state index is 0.0235. The maximum atomic E-state index is 12.4. The molecular formula is C24H23ClN4O3S. The van der Waals surface area contributed by atoms with Gasteiger partial charge in [-0.15, -0.1) is 0 Å². The van der Waals surface area contributed by atoms with E-state index >= 15 is 0 Å². The van der Waals surface area contributed by atoms with Gasteiger partial charge in [-0.05, 0) is 41.4 Å². The standard InChI is InChI=1S/C24H23ClN4O3S/c1-28(2)22(30)12-32-16-8-7-15-9-10-29(21(15)11-16)24-18-13-33(31)14-20(18)26-23(27-24)17-5-3-4-6-19(17)25/h3-8,11H,9-10,12-14H2,1-2H3. The maximum absolute atomic E-state index is 12.4. The summed E-state index contributed by atoms with van der Waals surface area (Å²) in [7, 11) is 3.40. The minimum Gasteiger partial charge on any atom is -0.616 e. The molecule has 33 heavy (non-hydrogen) atoms. The van der Waals surface area contributed by atoms with E-state index in [0.29, 0.717) is 28.1 Å². The average Bonchev–Trinajstić information content (AvgIpc) is 3.39. The van der Waals surface area contributed by atoms with E-state index < -0.39 is 11.2 Å². The number of amides is 1. The summed E-state index contributed by atoms with van der Waals surface area (Å²) in [5.41, 5.74) is 4.64. The number of anilines is 2. The van der Waals surface area contributed by atoms with Crippen molar-refractivity contribution in [2.24, 2.45) is 0 Å². The molecule has 2 aromatic carbocycles. The summed E-state index contributed by atoms with van der Waals surface area (Å²) in [5, 5.41) is 0.575. The first-order chi connectivity index (χ1) is 15.9. The van der Waals surface area contributed by atoms with Crippen molar-refractivity contribution in [3.05, 3.63) is 64.3 Å². The van der Waals surface area contributed by atoms with Crippen LogP contribution in [0.1, 0.15) is 16.8 Å². The summed E-state index contributed by atoms with van der Waals surface area (Å²) in [6.45, 7) is 0.720. The Hall–Kier alpha value is -2.81. The van der Waals surface area contributed by atoms with Crippen LogP contribution in [0.15, 0.2) is 42.5 Å². The van der Waals surface area contributed by atoms with Gasteiger partial charge in [-0.3, -0.25) is 4.79 Å². The predicted octanol–water partition coefficient (Wildman–Crippen LogP) is 3.72. The predicted molar refractivity (Wildman–Crippen MR) is 129 cm³/mol. The fraction of sp³-hybridized carbons (Fsp3) is 0.292. The van der Waals surface area contributed by atoms with Crippen LogP contribution in [0.25, 0.3) is 11.4 Å². The number of nitrogens with zero attached hydrogens (tertiary/aromatic N) is 4. The van der Waals surface area contributed by atoms with Gasteiger partial charge in [0.25, 0.3) is 5.91 Å². The quantitative estimate of drug-likeness (QED) is 0.515. The number of ether oxygens (including phenoxy) is 1. The summed E-state index contributed by atoms with van der Waals surface area (Å²) < 4.78 is 18.2. The fourth-order valence-corrected chi connectivity index (χ4v) is 5.56. The molecule has 2 aliphatic rings. The molecule has 0 aliphatic carbocycles. The lowest BCUT2D eigenvalue weighted by molar-refractivity contribution is -0.130. The van der Waals surface area contributed by atoms with Gasteiger partial charge in [0.15, 0.2) is 12.4 Å². The SMILES string of the molecule is CN(C)C(=O)COc1ccc2c(c1)N(c1nc(-c3ccccc3Cl)nc3c1C[S+]([O-])C3)CC2. The van der Waals surface area contributed by atoms with E-state index in [1.165, 1.54) is 10.5 Å². The highest BCUT2D eigenvalue weighted by Crippen LogP contribution is 2.41. The molecule has 1 aromatic heterocycles. The second kappa shape index (κ2) is 8.85. The number of carbonyl (C=O) groups excluding carboxylic acids is 1. The Labute approximate surface area is 200 Å². The Kier molecular flexibility index (Phi) is 5.90. The molecule has 0 saturated heterocycles. The monoisotopic (exact) mass is 482 g/mol. The summed E-state index contributed by atoms with van der Waals surface area (Å²) in [5.74, 6) is 2.67. The van der Waals surface area contributed by atoms with E-state index in [-0.39, 0.29) is 12.5 Å². The molecule has 9 heteroatoms. The zero-order chi connectivity index (χ0) is 23.1. The lowest BCUT2D eigenvalue weighted by Crippen LogP contribution is -2.27. The maximum Gasteiger partial charge on any atom is 0.259 e. The van der Waals surface area contributed by atoms with Gasteiger partial charge in [0, 0.05) is 38.0 Å². The van der Waals surface area contributed by atoms with E-state index in [1.54, 1.807) is 14.1 Å². The number of fused-ring (bicyclic) bond motifs is 2. The van der Waals surface area contributed by atoms with Crippen molar-refractivity contribution < 1.29 is 14.1 Å². The number of hydrogen-bond acceptors (Lipinski definition) is 6. The van der Waals surface area contributed by atoms with Crippen LogP contribution in [0, 0.1) is 0 Å². The molecular weight excluding hydrogens is 460 g/mol. The lowest BCUT2D eigenvalue weighted by atomic mass is 10.1. The summed E-state index contributed by atoms with van der Waals surface area (Å²) in [4.78, 5) is 25.2. The van der Waals surface area contributed by atoms with Gasteiger partial charge < -0.3 is 19.1 Å². The second-order valence-corrected chi connectivity index (χ2v) is 10.1. The molecule has 0 radical (unpaired) electrons. The molecule has 3 heterocycles. The first kappa shape index (κ1) is 22.0. The number of hydrogen-bond donors (Lipinski definition) is 0. The van der Waals surface area contributed by atoms with Crippen LogP contribution in [0.4, 0.5) is 11.5 Å². The Morgan fingerprint density at radius 3 is 2.82 bits per heavy atom. The van der Waals surface area contributed by atoms with Crippen molar-refractivity contribution in [2.75, 3.05) is 32.1 Å². The van der Waals surface area contributed by atoms with E-state index in [0.717, 1.165) is 41.3 Å². The zero-order valence-corrected chi connectivity index (χ0v) is 19.9. The number of benzene rings is 2. The molecule has 0 bridgehead atoms. The summed E-state index contributed by atoms with van der Waals surface area (Å²) >= 11 is 5.43. The van der Waals surface area contributed by atoms with Crippen LogP contribution in [0.5, 0.6) is 5.75 Å². The Morgan fingerprint density at radius 1 is 1.21 bits per heavy atom. The van der Waals surface area contributed by atoms with Crippen LogP contribution in [-0.4, -0.2) is 52.6 Å². The number of carbonyl (C=O) groups is 1. The molecule has 170 valence electrons. The Bertz CT molecular complexity index is 1240. The average molecular weight is 483 g/mol. The van der Waals surface area contributed by atoms with E-state index in [2.05, 4.69) is 4.90 Å². The number of aromatic nitrogens is 2. The molecule has 3 aromatic rings. The van der Waals surface area contributed by atoms with Gasteiger partial charge >= 0.3 is 0 Å². The molecule has 5 rings (SSSR count). The number of rotatable bonds is 5. The van der Waals surface area contributed by atoms with Gasteiger partial charge in [-0.2, -0.15) is 0 Å². The highest BCUT2D eigenvalue weighted by atomic mass is 35.5. The van der Waals surface area contributed by atoms with Crippen LogP contribution in [-0.2, 0) is 33.9 Å². The zero-order valence-electron chi connectivity index (χ0n) is 18.4. The highest BCUT2D eigenvalue weighted by molar-refractivity contribution is 7.90. The lowest BCUT2D eigenvalue weighted by Gasteiger charge is -2.22. The van der Waals surface area contributed by atoms with Gasteiger partial charge in [0.1, 0.15) is 28.8 Å². The minimum atomic E-state index is -1.00. The molecule has 2 aliphatic heterocycles. The van der Waals surface area contributed by atoms with Crippen LogP contribution < -0.4 is 9.64 Å². The van der Waals surface area contributed by atoms with Gasteiger partial charge in [-0.25, -0.2) is 9.97 Å². The summed E-state index contributed by atoms with van der Waals surface area (Å²) in [6, 6.07) is 13.3. The van der Waals surface area contributed by atoms with Crippen molar-refractivity contribution in [1.29, 1.82) is 0 Å². The van der Waals surface area contributed by atoms with Crippen molar-refractivity contribution in [3.63, 3.8) is 0 Å². The largest absolute Gasteiger partial charge is 0.616 e. The Balaban J connectivity index is 1.54. The van der Waals surface area contributed by atoms with Crippen LogP contribution >= 0.6 is 11.6 Å². The third-order valence-corrected chi connectivity index (χ3v) is 7.39. The molecule has 1 unspecified atom stereocenters. The molecule has 0 saturated carbocycles. The third kappa shape index (κ3) is 4.26. The smallest absolute Gasteiger partial charge is 0.259 e. The Morgan fingerprint density at radius 2 is 2.03 bits per heavy atom. The normalized spacial score (nSPS) is 16.5. The van der Waals surface area contributed by atoms with E-state index in [9.17, 15) is 9.35 Å². The highest BCUT2D eigenvalue weighted by Gasteiger charge is 2.34. The second-order valence-electron chi connectivity index (χ2n) is 8.27. The van der Waals surface area contributed by atoms with E-state index in [4.69, 9.17) is 26.3 Å². The first-order valence-corrected chi connectivity index (χ1v) is 12.5. The topological polar surface area (TPSA) is 81.6 Å². The summed E-state index contributed by atoms with van der Waals surface area (Å²) in [6.07, 6.45) is 0.857. The fourth-order valence-electron chi connectivity index (χ4n) is 4.08. The molecule has 1 amide bonds.